The minimum absolute atomic E-state index is 0.259. The average Bonchev–Trinajstić information content (AvgIpc) is 3.23. The molecule has 4 rings (SSSR count). The molecule has 126 valence electrons. The molecule has 0 spiro atoms. The molecule has 0 atom stereocenters. The monoisotopic (exact) mass is 373 g/mol. The SMILES string of the molecule is Cc1sc2nc(-n3cccn3)nc(NCc3ccc(F)cc3)c2c1Cl. The molecule has 0 aliphatic carbocycles. The average molecular weight is 374 g/mol. The van der Waals surface area contributed by atoms with Gasteiger partial charge in [-0.15, -0.1) is 11.3 Å². The third-order valence-electron chi connectivity index (χ3n) is 3.72. The van der Waals surface area contributed by atoms with Gasteiger partial charge in [-0.05, 0) is 30.7 Å². The number of halogens is 2. The zero-order valence-corrected chi connectivity index (χ0v) is 14.8. The predicted octanol–water partition coefficient (Wildman–Crippen LogP) is 4.59. The number of hydrogen-bond donors (Lipinski definition) is 1. The van der Waals surface area contributed by atoms with Gasteiger partial charge in [-0.25, -0.2) is 9.07 Å². The molecular formula is C17H13ClFN5S. The molecule has 0 aliphatic rings. The molecule has 5 nitrogen and oxygen atoms in total. The molecule has 0 radical (unpaired) electrons. The summed E-state index contributed by atoms with van der Waals surface area (Å²) in [6, 6.07) is 8.14. The number of rotatable bonds is 4. The third-order valence-corrected chi connectivity index (χ3v) is 5.31. The summed E-state index contributed by atoms with van der Waals surface area (Å²) in [7, 11) is 0. The Morgan fingerprint density at radius 2 is 2.04 bits per heavy atom. The van der Waals surface area contributed by atoms with Gasteiger partial charge in [-0.2, -0.15) is 15.1 Å². The van der Waals surface area contributed by atoms with Gasteiger partial charge in [0.05, 0.1) is 10.4 Å². The van der Waals surface area contributed by atoms with Gasteiger partial charge in [0.15, 0.2) is 0 Å². The van der Waals surface area contributed by atoms with Crippen LogP contribution in [0.25, 0.3) is 16.2 Å². The first kappa shape index (κ1) is 16.0. The maximum atomic E-state index is 13.1. The van der Waals surface area contributed by atoms with Gasteiger partial charge in [0, 0.05) is 23.8 Å². The molecule has 1 aromatic carbocycles. The van der Waals surface area contributed by atoms with E-state index >= 15 is 0 Å². The summed E-state index contributed by atoms with van der Waals surface area (Å²) in [5.41, 5.74) is 0.942. The fourth-order valence-electron chi connectivity index (χ4n) is 2.47. The minimum atomic E-state index is -0.259. The van der Waals surface area contributed by atoms with Crippen molar-refractivity contribution >= 4 is 39.0 Å². The molecule has 0 unspecified atom stereocenters. The van der Waals surface area contributed by atoms with E-state index in [0.29, 0.717) is 23.3 Å². The summed E-state index contributed by atoms with van der Waals surface area (Å²) in [4.78, 5) is 10.9. The Morgan fingerprint density at radius 1 is 1.24 bits per heavy atom. The largest absolute Gasteiger partial charge is 0.365 e. The predicted molar refractivity (Wildman–Crippen MR) is 98.0 cm³/mol. The normalized spacial score (nSPS) is 11.2. The van der Waals surface area contributed by atoms with Crippen LogP contribution in [0.3, 0.4) is 0 Å². The number of thiophene rings is 1. The number of benzene rings is 1. The first-order chi connectivity index (χ1) is 12.1. The number of nitrogens with zero attached hydrogens (tertiary/aromatic N) is 4. The molecule has 8 heteroatoms. The fourth-order valence-corrected chi connectivity index (χ4v) is 3.73. The fraction of sp³-hybridized carbons (Fsp3) is 0.118. The first-order valence-electron chi connectivity index (χ1n) is 7.57. The summed E-state index contributed by atoms with van der Waals surface area (Å²) in [6.07, 6.45) is 3.46. The second-order valence-electron chi connectivity index (χ2n) is 5.46. The van der Waals surface area contributed by atoms with E-state index in [1.54, 1.807) is 29.2 Å². The zero-order valence-electron chi connectivity index (χ0n) is 13.2. The lowest BCUT2D eigenvalue weighted by atomic mass is 10.2. The number of anilines is 1. The molecule has 0 fully saturated rings. The van der Waals surface area contributed by atoms with E-state index in [9.17, 15) is 4.39 Å². The van der Waals surface area contributed by atoms with E-state index in [4.69, 9.17) is 11.6 Å². The Labute approximate surface area is 152 Å². The quantitative estimate of drug-likeness (QED) is 0.568. The molecule has 0 bridgehead atoms. The van der Waals surface area contributed by atoms with Crippen LogP contribution in [0.2, 0.25) is 5.02 Å². The summed E-state index contributed by atoms with van der Waals surface area (Å²) < 4.78 is 14.7. The lowest BCUT2D eigenvalue weighted by molar-refractivity contribution is 0.627. The second-order valence-corrected chi connectivity index (χ2v) is 7.04. The van der Waals surface area contributed by atoms with E-state index in [2.05, 4.69) is 20.4 Å². The highest BCUT2D eigenvalue weighted by Crippen LogP contribution is 2.37. The highest BCUT2D eigenvalue weighted by atomic mass is 35.5. The topological polar surface area (TPSA) is 55.6 Å². The Morgan fingerprint density at radius 3 is 2.76 bits per heavy atom. The third kappa shape index (κ3) is 3.08. The minimum Gasteiger partial charge on any atom is -0.365 e. The first-order valence-corrected chi connectivity index (χ1v) is 8.76. The van der Waals surface area contributed by atoms with Crippen molar-refractivity contribution in [3.8, 4) is 5.95 Å². The van der Waals surface area contributed by atoms with Crippen molar-refractivity contribution in [3.05, 3.63) is 64.0 Å². The van der Waals surface area contributed by atoms with E-state index < -0.39 is 0 Å². The van der Waals surface area contributed by atoms with Crippen molar-refractivity contribution in [3.63, 3.8) is 0 Å². The van der Waals surface area contributed by atoms with Crippen LogP contribution in [-0.4, -0.2) is 19.7 Å². The van der Waals surface area contributed by atoms with E-state index in [0.717, 1.165) is 20.7 Å². The van der Waals surface area contributed by atoms with Gasteiger partial charge in [0.1, 0.15) is 16.5 Å². The Bertz CT molecular complexity index is 1030. The van der Waals surface area contributed by atoms with Gasteiger partial charge in [0.2, 0.25) is 0 Å². The number of aryl methyl sites for hydroxylation is 1. The highest BCUT2D eigenvalue weighted by Gasteiger charge is 2.16. The number of hydrogen-bond acceptors (Lipinski definition) is 5. The van der Waals surface area contributed by atoms with Gasteiger partial charge in [-0.3, -0.25) is 0 Å². The Kier molecular flexibility index (Phi) is 4.10. The molecule has 0 amide bonds. The van der Waals surface area contributed by atoms with Gasteiger partial charge in [-0.1, -0.05) is 23.7 Å². The van der Waals surface area contributed by atoms with Crippen molar-refractivity contribution in [2.45, 2.75) is 13.5 Å². The maximum absolute atomic E-state index is 13.1. The van der Waals surface area contributed by atoms with E-state index in [-0.39, 0.29) is 5.82 Å². The van der Waals surface area contributed by atoms with Crippen molar-refractivity contribution in [2.24, 2.45) is 0 Å². The van der Waals surface area contributed by atoms with Gasteiger partial charge < -0.3 is 5.32 Å². The van der Waals surface area contributed by atoms with Gasteiger partial charge in [0.25, 0.3) is 5.95 Å². The maximum Gasteiger partial charge on any atom is 0.253 e. The summed E-state index contributed by atoms with van der Waals surface area (Å²) in [5.74, 6) is 0.844. The molecular weight excluding hydrogens is 361 g/mol. The van der Waals surface area contributed by atoms with E-state index in [1.807, 2.05) is 13.0 Å². The lowest BCUT2D eigenvalue weighted by Crippen LogP contribution is -2.07. The van der Waals surface area contributed by atoms with Crippen LogP contribution in [0.15, 0.2) is 42.7 Å². The molecule has 0 aliphatic heterocycles. The van der Waals surface area contributed by atoms with Crippen LogP contribution in [0, 0.1) is 12.7 Å². The standard InChI is InChI=1S/C17H13ClFN5S/c1-10-14(18)13-15(20-9-11-3-5-12(19)6-4-11)22-17(23-16(13)25-10)24-8-2-7-21-24/h2-8H,9H2,1H3,(H,20,22,23). The second kappa shape index (κ2) is 6.42. The van der Waals surface area contributed by atoms with Gasteiger partial charge >= 0.3 is 0 Å². The van der Waals surface area contributed by atoms with Crippen molar-refractivity contribution < 1.29 is 4.39 Å². The van der Waals surface area contributed by atoms with Crippen molar-refractivity contribution in [1.29, 1.82) is 0 Å². The lowest BCUT2D eigenvalue weighted by Gasteiger charge is -2.09. The molecule has 25 heavy (non-hydrogen) atoms. The van der Waals surface area contributed by atoms with Crippen molar-refractivity contribution in [2.75, 3.05) is 5.32 Å². The Balaban J connectivity index is 1.76. The highest BCUT2D eigenvalue weighted by molar-refractivity contribution is 7.19. The molecule has 0 saturated carbocycles. The van der Waals surface area contributed by atoms with Crippen molar-refractivity contribution in [1.82, 2.24) is 19.7 Å². The number of fused-ring (bicyclic) bond motifs is 1. The smallest absolute Gasteiger partial charge is 0.253 e. The summed E-state index contributed by atoms with van der Waals surface area (Å²) in [5, 5.41) is 8.91. The number of nitrogens with one attached hydrogen (secondary N) is 1. The van der Waals surface area contributed by atoms with Crippen LogP contribution in [0.1, 0.15) is 10.4 Å². The van der Waals surface area contributed by atoms with Crippen LogP contribution in [0.5, 0.6) is 0 Å². The molecule has 0 saturated heterocycles. The van der Waals surface area contributed by atoms with Crippen LogP contribution in [0.4, 0.5) is 10.2 Å². The number of aromatic nitrogens is 4. The van der Waals surface area contributed by atoms with Crippen LogP contribution >= 0.6 is 22.9 Å². The molecule has 3 heterocycles. The van der Waals surface area contributed by atoms with E-state index in [1.165, 1.54) is 23.5 Å². The molecule has 1 N–H and O–H groups in total. The summed E-state index contributed by atoms with van der Waals surface area (Å²) >= 11 is 7.96. The molecule has 4 aromatic rings. The zero-order chi connectivity index (χ0) is 17.4. The summed E-state index contributed by atoms with van der Waals surface area (Å²) in [6.45, 7) is 2.45. The van der Waals surface area contributed by atoms with Crippen LogP contribution in [-0.2, 0) is 6.54 Å². The molecule has 3 aromatic heterocycles. The Hall–Kier alpha value is -2.51. The van der Waals surface area contributed by atoms with Crippen LogP contribution < -0.4 is 5.32 Å².